The number of likely N-dealkylation sites (N-methyl/N-ethyl adjacent to an activating group) is 1. The van der Waals surface area contributed by atoms with Crippen LogP contribution in [0.5, 0.6) is 0 Å². The molecule has 1 fully saturated rings. The lowest BCUT2D eigenvalue weighted by Gasteiger charge is -2.32. The van der Waals surface area contributed by atoms with E-state index in [-0.39, 0.29) is 11.7 Å². The lowest BCUT2D eigenvalue weighted by molar-refractivity contribution is -0.114. The van der Waals surface area contributed by atoms with Gasteiger partial charge in [0.2, 0.25) is 5.91 Å². The van der Waals surface area contributed by atoms with E-state index in [2.05, 4.69) is 22.2 Å². The van der Waals surface area contributed by atoms with Crippen LogP contribution in [0.15, 0.2) is 79.0 Å². The first-order valence-electron chi connectivity index (χ1n) is 12.2. The van der Waals surface area contributed by atoms with Gasteiger partial charge < -0.3 is 10.2 Å². The predicted molar refractivity (Wildman–Crippen MR) is 141 cm³/mol. The maximum Gasteiger partial charge on any atom is 0.221 e. The van der Waals surface area contributed by atoms with Crippen molar-refractivity contribution in [2.75, 3.05) is 38.5 Å². The zero-order valence-corrected chi connectivity index (χ0v) is 20.6. The van der Waals surface area contributed by atoms with Crippen LogP contribution in [0.3, 0.4) is 0 Å². The molecule has 1 aliphatic heterocycles. The van der Waals surface area contributed by atoms with Gasteiger partial charge in [-0.1, -0.05) is 36.4 Å². The summed E-state index contributed by atoms with van der Waals surface area (Å²) in [4.78, 5) is 16.1. The van der Waals surface area contributed by atoms with Crippen LogP contribution in [0, 0.1) is 5.82 Å². The minimum atomic E-state index is -0.259. The molecule has 184 valence electrons. The molecule has 3 aromatic carbocycles. The largest absolute Gasteiger partial charge is 0.326 e. The van der Waals surface area contributed by atoms with Crippen LogP contribution in [0.2, 0.25) is 0 Å². The van der Waals surface area contributed by atoms with Gasteiger partial charge in [-0.3, -0.25) is 9.69 Å². The van der Waals surface area contributed by atoms with Crippen molar-refractivity contribution in [2.24, 2.45) is 0 Å². The highest BCUT2D eigenvalue weighted by Gasteiger charge is 2.21. The third-order valence-electron chi connectivity index (χ3n) is 6.59. The first-order valence-corrected chi connectivity index (χ1v) is 12.2. The Kier molecular flexibility index (Phi) is 6.93. The number of aromatic nitrogens is 2. The Morgan fingerprint density at radius 1 is 0.944 bits per heavy atom. The van der Waals surface area contributed by atoms with Gasteiger partial charge in [0.05, 0.1) is 17.6 Å². The molecule has 0 saturated carbocycles. The number of carbonyl (C=O) groups is 1. The SMILES string of the molecule is CC(=O)Nc1cccc(-c2ccc(-n3ncc(CN4CCN(C)CC4)c3-c3ccccc3F)cc2)c1. The van der Waals surface area contributed by atoms with Crippen LogP contribution in [0.25, 0.3) is 28.1 Å². The van der Waals surface area contributed by atoms with Crippen molar-refractivity contribution in [1.82, 2.24) is 19.6 Å². The Morgan fingerprint density at radius 2 is 1.69 bits per heavy atom. The van der Waals surface area contributed by atoms with Gasteiger partial charge in [-0.05, 0) is 54.6 Å². The zero-order chi connectivity index (χ0) is 25.1. The highest BCUT2D eigenvalue weighted by atomic mass is 19.1. The maximum absolute atomic E-state index is 15.0. The molecule has 0 atom stereocenters. The van der Waals surface area contributed by atoms with E-state index in [1.165, 1.54) is 13.0 Å². The van der Waals surface area contributed by atoms with E-state index in [9.17, 15) is 9.18 Å². The predicted octanol–water partition coefficient (Wildman–Crippen LogP) is 5.05. The summed E-state index contributed by atoms with van der Waals surface area (Å²) in [6, 6.07) is 22.7. The summed E-state index contributed by atoms with van der Waals surface area (Å²) in [6.07, 6.45) is 1.87. The molecule has 5 rings (SSSR count). The summed E-state index contributed by atoms with van der Waals surface area (Å²) in [7, 11) is 2.14. The topological polar surface area (TPSA) is 53.4 Å². The lowest BCUT2D eigenvalue weighted by Crippen LogP contribution is -2.43. The number of benzene rings is 3. The molecule has 4 aromatic rings. The molecule has 1 N–H and O–H groups in total. The van der Waals surface area contributed by atoms with Gasteiger partial charge in [0.1, 0.15) is 5.82 Å². The molecule has 1 saturated heterocycles. The van der Waals surface area contributed by atoms with Crippen LogP contribution < -0.4 is 5.32 Å². The molecular weight excluding hydrogens is 453 g/mol. The van der Waals surface area contributed by atoms with E-state index in [4.69, 9.17) is 5.10 Å². The van der Waals surface area contributed by atoms with E-state index >= 15 is 0 Å². The van der Waals surface area contributed by atoms with E-state index < -0.39 is 0 Å². The smallest absolute Gasteiger partial charge is 0.221 e. The summed E-state index contributed by atoms with van der Waals surface area (Å²) in [5.41, 5.74) is 5.98. The van der Waals surface area contributed by atoms with Crippen LogP contribution in [-0.4, -0.2) is 58.7 Å². The second-order valence-electron chi connectivity index (χ2n) is 9.30. The fourth-order valence-electron chi connectivity index (χ4n) is 4.66. The Hall–Kier alpha value is -3.81. The van der Waals surface area contributed by atoms with Gasteiger partial charge in [0, 0.05) is 56.5 Å². The quantitative estimate of drug-likeness (QED) is 0.417. The summed E-state index contributed by atoms with van der Waals surface area (Å²) < 4.78 is 16.8. The van der Waals surface area contributed by atoms with Crippen LogP contribution in [-0.2, 0) is 11.3 Å². The van der Waals surface area contributed by atoms with Crippen molar-refractivity contribution in [3.05, 3.63) is 90.4 Å². The van der Waals surface area contributed by atoms with E-state index in [1.807, 2.05) is 71.5 Å². The van der Waals surface area contributed by atoms with Gasteiger partial charge in [-0.25, -0.2) is 9.07 Å². The number of rotatable bonds is 6. The molecule has 0 radical (unpaired) electrons. The normalized spacial score (nSPS) is 14.6. The number of hydrogen-bond acceptors (Lipinski definition) is 4. The van der Waals surface area contributed by atoms with Gasteiger partial charge in [0.15, 0.2) is 0 Å². The number of halogens is 1. The number of piperazine rings is 1. The maximum atomic E-state index is 15.0. The monoisotopic (exact) mass is 483 g/mol. The Morgan fingerprint density at radius 3 is 2.42 bits per heavy atom. The zero-order valence-electron chi connectivity index (χ0n) is 20.6. The molecule has 1 aliphatic rings. The fraction of sp³-hybridized carbons (Fsp3) is 0.241. The molecule has 1 amide bonds. The standard InChI is InChI=1S/C29H30FN5O/c1-21(36)32-25-7-5-6-23(18-25)22-10-12-26(13-11-22)35-29(27-8-3-4-9-28(27)30)24(19-31-35)20-34-16-14-33(2)15-17-34/h3-13,18-19H,14-17,20H2,1-2H3,(H,32,36). The molecule has 0 aliphatic carbocycles. The molecule has 6 nitrogen and oxygen atoms in total. The molecule has 2 heterocycles. The average Bonchev–Trinajstić information content (AvgIpc) is 3.29. The van der Waals surface area contributed by atoms with Crippen molar-refractivity contribution in [3.63, 3.8) is 0 Å². The van der Waals surface area contributed by atoms with E-state index in [0.717, 1.165) is 66.5 Å². The average molecular weight is 484 g/mol. The highest BCUT2D eigenvalue weighted by Crippen LogP contribution is 2.31. The molecule has 0 spiro atoms. The molecule has 7 heteroatoms. The molecule has 36 heavy (non-hydrogen) atoms. The van der Waals surface area contributed by atoms with Gasteiger partial charge in [0.25, 0.3) is 0 Å². The molecule has 0 unspecified atom stereocenters. The molecule has 1 aromatic heterocycles. The molecule has 0 bridgehead atoms. The Bertz CT molecular complexity index is 1360. The van der Waals surface area contributed by atoms with Crippen molar-refractivity contribution in [1.29, 1.82) is 0 Å². The number of nitrogens with one attached hydrogen (secondary N) is 1. The summed E-state index contributed by atoms with van der Waals surface area (Å²) in [5, 5.41) is 7.53. The fourth-order valence-corrected chi connectivity index (χ4v) is 4.66. The van der Waals surface area contributed by atoms with Crippen molar-refractivity contribution < 1.29 is 9.18 Å². The Balaban J connectivity index is 1.48. The first kappa shape index (κ1) is 23.9. The van der Waals surface area contributed by atoms with Crippen LogP contribution in [0.4, 0.5) is 10.1 Å². The second kappa shape index (κ2) is 10.4. The van der Waals surface area contributed by atoms with Crippen molar-refractivity contribution in [2.45, 2.75) is 13.5 Å². The second-order valence-corrected chi connectivity index (χ2v) is 9.30. The van der Waals surface area contributed by atoms with Crippen LogP contribution in [0.1, 0.15) is 12.5 Å². The van der Waals surface area contributed by atoms with Crippen molar-refractivity contribution in [3.8, 4) is 28.1 Å². The van der Waals surface area contributed by atoms with Gasteiger partial charge >= 0.3 is 0 Å². The number of amides is 1. The highest BCUT2D eigenvalue weighted by molar-refractivity contribution is 5.89. The minimum absolute atomic E-state index is 0.103. The third-order valence-corrected chi connectivity index (χ3v) is 6.59. The summed E-state index contributed by atoms with van der Waals surface area (Å²) >= 11 is 0. The van der Waals surface area contributed by atoms with E-state index in [0.29, 0.717) is 5.56 Å². The number of hydrogen-bond donors (Lipinski definition) is 1. The van der Waals surface area contributed by atoms with Crippen molar-refractivity contribution >= 4 is 11.6 Å². The third kappa shape index (κ3) is 5.22. The summed E-state index contributed by atoms with van der Waals surface area (Å²) in [6.45, 7) is 6.22. The Labute approximate surface area is 211 Å². The summed E-state index contributed by atoms with van der Waals surface area (Å²) in [5.74, 6) is -0.362. The first-order chi connectivity index (χ1) is 17.5. The molecular formula is C29H30FN5O. The number of nitrogens with zero attached hydrogens (tertiary/aromatic N) is 4. The van der Waals surface area contributed by atoms with Gasteiger partial charge in [-0.15, -0.1) is 0 Å². The minimum Gasteiger partial charge on any atom is -0.326 e. The number of anilines is 1. The number of carbonyl (C=O) groups excluding carboxylic acids is 1. The van der Waals surface area contributed by atoms with Crippen LogP contribution >= 0.6 is 0 Å². The van der Waals surface area contributed by atoms with E-state index in [1.54, 1.807) is 6.07 Å². The van der Waals surface area contributed by atoms with Gasteiger partial charge in [-0.2, -0.15) is 5.10 Å². The lowest BCUT2D eigenvalue weighted by atomic mass is 10.0.